The third-order valence-electron chi connectivity index (χ3n) is 8.85. The number of anilines is 2. The minimum Gasteiger partial charge on any atom is -0.478 e. The van der Waals surface area contributed by atoms with Crippen molar-refractivity contribution in [2.24, 2.45) is 0 Å². The van der Waals surface area contributed by atoms with E-state index in [1.54, 1.807) is 6.07 Å². The Morgan fingerprint density at radius 2 is 1.65 bits per heavy atom. The first-order chi connectivity index (χ1) is 22.1. The molecule has 1 fully saturated rings. The average Bonchev–Trinajstić information content (AvgIpc) is 3.55. The molecule has 1 unspecified atom stereocenters. The molecule has 4 aromatic rings. The van der Waals surface area contributed by atoms with Gasteiger partial charge in [0, 0.05) is 43.2 Å². The van der Waals surface area contributed by atoms with Gasteiger partial charge < -0.3 is 25.1 Å². The lowest BCUT2D eigenvalue weighted by molar-refractivity contribution is -0.121. The second-order valence-electron chi connectivity index (χ2n) is 11.8. The molecule has 1 atom stereocenters. The molecule has 0 spiro atoms. The highest BCUT2D eigenvalue weighted by atomic mass is 35.5. The second kappa shape index (κ2) is 12.9. The molecule has 2 N–H and O–H groups in total. The second-order valence-corrected chi connectivity index (χ2v) is 12.2. The molecular weight excluding hydrogens is 611 g/mol. The van der Waals surface area contributed by atoms with Crippen molar-refractivity contribution >= 4 is 40.8 Å². The number of benzene rings is 3. The van der Waals surface area contributed by atoms with Gasteiger partial charge in [-0.2, -0.15) is 5.10 Å². The zero-order valence-corrected chi connectivity index (χ0v) is 26.2. The molecule has 3 heterocycles. The van der Waals surface area contributed by atoms with Gasteiger partial charge in [-0.15, -0.1) is 0 Å². The van der Waals surface area contributed by atoms with Crippen molar-refractivity contribution in [1.29, 1.82) is 0 Å². The number of amides is 2. The fraction of sp³-hybridized carbons (Fsp3) is 0.294. The maximum absolute atomic E-state index is 14.7. The Morgan fingerprint density at radius 1 is 0.957 bits per heavy atom. The molecule has 46 heavy (non-hydrogen) atoms. The van der Waals surface area contributed by atoms with E-state index < -0.39 is 29.6 Å². The van der Waals surface area contributed by atoms with Crippen LogP contribution in [0, 0.1) is 5.82 Å². The predicted molar refractivity (Wildman–Crippen MR) is 173 cm³/mol. The van der Waals surface area contributed by atoms with Crippen LogP contribution in [0.3, 0.4) is 0 Å². The van der Waals surface area contributed by atoms with E-state index in [9.17, 15) is 23.9 Å². The van der Waals surface area contributed by atoms with Crippen LogP contribution < -0.4 is 10.2 Å². The highest BCUT2D eigenvalue weighted by Gasteiger charge is 2.38. The molecular formula is C34H34ClFN6O4. The fourth-order valence-electron chi connectivity index (χ4n) is 6.38. The van der Waals surface area contributed by atoms with E-state index in [1.165, 1.54) is 58.4 Å². The largest absolute Gasteiger partial charge is 0.478 e. The number of hydrogen-bond donors (Lipinski definition) is 2. The molecule has 6 rings (SSSR count). The number of carboxylic acids is 1. The highest BCUT2D eigenvalue weighted by Crippen LogP contribution is 2.38. The minimum atomic E-state index is -1.07. The summed E-state index contributed by atoms with van der Waals surface area (Å²) in [6.45, 7) is 2.03. The first-order valence-corrected chi connectivity index (χ1v) is 15.5. The normalized spacial score (nSPS) is 16.8. The maximum Gasteiger partial charge on any atom is 0.335 e. The minimum absolute atomic E-state index is 0.0663. The number of aromatic nitrogens is 2. The number of aromatic carboxylic acids is 1. The summed E-state index contributed by atoms with van der Waals surface area (Å²) < 4.78 is 16.0. The van der Waals surface area contributed by atoms with Crippen molar-refractivity contribution in [3.05, 3.63) is 106 Å². The van der Waals surface area contributed by atoms with Crippen molar-refractivity contribution in [3.8, 4) is 5.69 Å². The highest BCUT2D eigenvalue weighted by molar-refractivity contribution is 6.30. The van der Waals surface area contributed by atoms with Gasteiger partial charge in [0.05, 0.1) is 22.3 Å². The molecule has 0 aliphatic carbocycles. The summed E-state index contributed by atoms with van der Waals surface area (Å²) in [4.78, 5) is 45.6. The number of carboxylic acid groups (broad SMARTS) is 1. The van der Waals surface area contributed by atoms with Gasteiger partial charge in [-0.3, -0.25) is 9.59 Å². The Kier molecular flexibility index (Phi) is 8.79. The van der Waals surface area contributed by atoms with Gasteiger partial charge in [0.2, 0.25) is 0 Å². The lowest BCUT2D eigenvalue weighted by Gasteiger charge is -2.41. The first-order valence-electron chi connectivity index (χ1n) is 15.1. The molecule has 2 aliphatic heterocycles. The predicted octanol–water partition coefficient (Wildman–Crippen LogP) is 5.27. The van der Waals surface area contributed by atoms with E-state index in [0.717, 1.165) is 42.7 Å². The number of piperidine rings is 1. The Labute approximate surface area is 271 Å². The molecule has 0 saturated carbocycles. The van der Waals surface area contributed by atoms with E-state index in [0.29, 0.717) is 18.2 Å². The zero-order valence-electron chi connectivity index (χ0n) is 25.5. The van der Waals surface area contributed by atoms with Crippen molar-refractivity contribution in [1.82, 2.24) is 19.6 Å². The van der Waals surface area contributed by atoms with Gasteiger partial charge in [0.25, 0.3) is 11.8 Å². The van der Waals surface area contributed by atoms with Crippen LogP contribution in [0.15, 0.2) is 73.1 Å². The lowest BCUT2D eigenvalue weighted by atomic mass is 9.89. The molecule has 1 aromatic heterocycles. The lowest BCUT2D eigenvalue weighted by Crippen LogP contribution is -2.46. The smallest absolute Gasteiger partial charge is 0.335 e. The molecule has 12 heteroatoms. The topological polar surface area (TPSA) is 111 Å². The van der Waals surface area contributed by atoms with Gasteiger partial charge in [0.1, 0.15) is 11.7 Å². The number of rotatable bonds is 7. The quantitative estimate of drug-likeness (QED) is 0.282. The number of nitrogens with one attached hydrogen (secondary N) is 1. The van der Waals surface area contributed by atoms with E-state index >= 15 is 0 Å². The van der Waals surface area contributed by atoms with Crippen LogP contribution in [0.5, 0.6) is 0 Å². The van der Waals surface area contributed by atoms with E-state index in [1.807, 2.05) is 12.1 Å². The van der Waals surface area contributed by atoms with Gasteiger partial charge >= 0.3 is 5.97 Å². The van der Waals surface area contributed by atoms with Gasteiger partial charge in [-0.25, -0.2) is 13.9 Å². The van der Waals surface area contributed by atoms with Gasteiger partial charge in [0.15, 0.2) is 5.82 Å². The zero-order chi connectivity index (χ0) is 32.5. The molecule has 3 aromatic carbocycles. The molecule has 0 bridgehead atoms. The number of nitrogens with zero attached hydrogens (tertiary/aromatic N) is 5. The molecule has 2 aliphatic rings. The number of halogens is 2. The number of hydrogen-bond acceptors (Lipinski definition) is 6. The first kappa shape index (κ1) is 31.3. The summed E-state index contributed by atoms with van der Waals surface area (Å²) >= 11 is 5.97. The summed E-state index contributed by atoms with van der Waals surface area (Å²) in [6.07, 6.45) is 5.36. The van der Waals surface area contributed by atoms with E-state index in [2.05, 4.69) is 40.4 Å². The number of carbonyl (C=O) groups excluding carboxylic acids is 2. The molecule has 0 radical (unpaired) electrons. The number of carbonyl (C=O) groups is 3. The fourth-order valence-corrected chi connectivity index (χ4v) is 6.55. The van der Waals surface area contributed by atoms with Gasteiger partial charge in [-0.05, 0) is 86.9 Å². The summed E-state index contributed by atoms with van der Waals surface area (Å²) in [5.74, 6) is -2.60. The SMILES string of the molecule is CN(C)C1CCN(c2cccc3c2CCN(C(=O)c2cnn(-c4cccc(Cl)c4F)c2)C3C(=O)Nc2ccc(C(=O)O)cc2)CC1. The van der Waals surface area contributed by atoms with Crippen molar-refractivity contribution < 1.29 is 23.9 Å². The van der Waals surface area contributed by atoms with Crippen LogP contribution in [0.2, 0.25) is 5.02 Å². The standard InChI is InChI=1S/C34H34ClFN6O4/c1-39(2)24-13-16-40(17-14-24)28-7-3-5-26-25(28)15-18-41(31(26)32(43)38-23-11-9-21(10-12-23)34(45)46)33(44)22-19-37-42(20-22)29-8-4-6-27(35)30(29)36/h3-12,19-20,24,31H,13-18H2,1-2H3,(H,38,43)(H,45,46). The Balaban J connectivity index is 1.34. The summed E-state index contributed by atoms with van der Waals surface area (Å²) in [7, 11) is 4.20. The van der Waals surface area contributed by atoms with Crippen LogP contribution in [-0.2, 0) is 11.2 Å². The summed E-state index contributed by atoms with van der Waals surface area (Å²) in [6, 6.07) is 15.8. The van der Waals surface area contributed by atoms with Crippen LogP contribution >= 0.6 is 11.6 Å². The van der Waals surface area contributed by atoms with Crippen LogP contribution in [0.25, 0.3) is 5.69 Å². The monoisotopic (exact) mass is 644 g/mol. The Bertz CT molecular complexity index is 1780. The molecule has 2 amide bonds. The number of fused-ring (bicyclic) bond motifs is 1. The summed E-state index contributed by atoms with van der Waals surface area (Å²) in [5.41, 5.74) is 3.59. The Hall–Kier alpha value is -4.74. The van der Waals surface area contributed by atoms with Crippen LogP contribution in [0.1, 0.15) is 50.7 Å². The van der Waals surface area contributed by atoms with E-state index in [-0.39, 0.29) is 28.4 Å². The maximum atomic E-state index is 14.7. The van der Waals surface area contributed by atoms with Crippen molar-refractivity contribution in [2.45, 2.75) is 31.3 Å². The van der Waals surface area contributed by atoms with Crippen molar-refractivity contribution in [2.75, 3.05) is 43.9 Å². The third-order valence-corrected chi connectivity index (χ3v) is 9.14. The van der Waals surface area contributed by atoms with Gasteiger partial charge in [-0.1, -0.05) is 29.8 Å². The third kappa shape index (κ3) is 6.08. The van der Waals surface area contributed by atoms with E-state index in [4.69, 9.17) is 11.6 Å². The molecule has 10 nitrogen and oxygen atoms in total. The van der Waals surface area contributed by atoms with Crippen molar-refractivity contribution in [3.63, 3.8) is 0 Å². The average molecular weight is 645 g/mol. The van der Waals surface area contributed by atoms with Crippen LogP contribution in [-0.4, -0.2) is 82.2 Å². The summed E-state index contributed by atoms with van der Waals surface area (Å²) in [5, 5.41) is 16.3. The molecule has 238 valence electrons. The molecule has 1 saturated heterocycles. The Morgan fingerprint density at radius 3 is 2.35 bits per heavy atom. The van der Waals surface area contributed by atoms with Crippen LogP contribution in [0.4, 0.5) is 15.8 Å².